The van der Waals surface area contributed by atoms with Crippen molar-refractivity contribution in [3.05, 3.63) is 59.7 Å². The summed E-state index contributed by atoms with van der Waals surface area (Å²) in [6.07, 6.45) is 4.75. The highest BCUT2D eigenvalue weighted by Gasteiger charge is 2.23. The summed E-state index contributed by atoms with van der Waals surface area (Å²) in [6.45, 7) is 4.79. The van der Waals surface area contributed by atoms with Gasteiger partial charge in [0.15, 0.2) is 0 Å². The van der Waals surface area contributed by atoms with Crippen molar-refractivity contribution in [2.45, 2.75) is 38.8 Å². The van der Waals surface area contributed by atoms with Gasteiger partial charge in [0.1, 0.15) is 17.7 Å². The largest absolute Gasteiger partial charge is 0.489 e. The number of carbonyl (C=O) groups is 1. The topological polar surface area (TPSA) is 54.5 Å². The number of ether oxygens (including phenoxy) is 1. The van der Waals surface area contributed by atoms with Gasteiger partial charge in [0.25, 0.3) is 0 Å². The molecule has 1 saturated heterocycles. The van der Waals surface area contributed by atoms with Gasteiger partial charge in [-0.25, -0.2) is 4.39 Å². The van der Waals surface area contributed by atoms with E-state index in [0.29, 0.717) is 6.54 Å². The van der Waals surface area contributed by atoms with Gasteiger partial charge in [-0.15, -0.1) is 0 Å². The number of aromatic nitrogens is 1. The van der Waals surface area contributed by atoms with Crippen LogP contribution in [0.3, 0.4) is 0 Å². The lowest BCUT2D eigenvalue weighted by Crippen LogP contribution is -2.26. The van der Waals surface area contributed by atoms with Gasteiger partial charge >= 0.3 is 0 Å². The zero-order valence-corrected chi connectivity index (χ0v) is 15.7. The molecule has 1 unspecified atom stereocenters. The molecule has 0 aliphatic carbocycles. The zero-order valence-electron chi connectivity index (χ0n) is 15.7. The maximum absolute atomic E-state index is 13.2. The third kappa shape index (κ3) is 6.32. The van der Waals surface area contributed by atoms with Gasteiger partial charge in [-0.3, -0.25) is 14.7 Å². The molecule has 5 nitrogen and oxygen atoms in total. The fourth-order valence-electron chi connectivity index (χ4n) is 3.33. The lowest BCUT2D eigenvalue weighted by atomic mass is 10.1. The van der Waals surface area contributed by atoms with E-state index in [0.717, 1.165) is 55.9 Å². The van der Waals surface area contributed by atoms with Crippen LogP contribution in [0.15, 0.2) is 42.6 Å². The Morgan fingerprint density at radius 2 is 2.26 bits per heavy atom. The third-order valence-electron chi connectivity index (χ3n) is 4.67. The number of halogens is 1. The first-order chi connectivity index (χ1) is 13.1. The molecule has 1 aliphatic heterocycles. The molecule has 1 atom stereocenters. The number of carbonyl (C=O) groups excluding carboxylic acids is 1. The van der Waals surface area contributed by atoms with Crippen LogP contribution in [0.4, 0.5) is 4.39 Å². The summed E-state index contributed by atoms with van der Waals surface area (Å²) >= 11 is 0. The highest BCUT2D eigenvalue weighted by atomic mass is 19.1. The Balaban J connectivity index is 1.41. The predicted molar refractivity (Wildman–Crippen MR) is 102 cm³/mol. The fourth-order valence-corrected chi connectivity index (χ4v) is 3.33. The molecule has 3 rings (SSSR count). The van der Waals surface area contributed by atoms with Gasteiger partial charge in [-0.05, 0) is 49.6 Å². The molecule has 1 amide bonds. The molecule has 144 valence electrons. The summed E-state index contributed by atoms with van der Waals surface area (Å²) in [4.78, 5) is 17.7. The number of amides is 1. The summed E-state index contributed by atoms with van der Waals surface area (Å²) < 4.78 is 19.3. The van der Waals surface area contributed by atoms with Crippen molar-refractivity contribution >= 4 is 5.91 Å². The molecule has 2 aromatic rings. The molecule has 1 N–H and O–H groups in total. The Labute approximate surface area is 159 Å². The minimum Gasteiger partial charge on any atom is -0.489 e. The van der Waals surface area contributed by atoms with E-state index in [9.17, 15) is 9.18 Å². The summed E-state index contributed by atoms with van der Waals surface area (Å²) in [5, 5.41) is 2.74. The smallest absolute Gasteiger partial charge is 0.217 e. The van der Waals surface area contributed by atoms with E-state index in [4.69, 9.17) is 4.74 Å². The van der Waals surface area contributed by atoms with Crippen LogP contribution in [0.2, 0.25) is 0 Å². The van der Waals surface area contributed by atoms with Crippen LogP contribution >= 0.6 is 0 Å². The number of aryl methyl sites for hydroxylation is 1. The average molecular weight is 371 g/mol. The summed E-state index contributed by atoms with van der Waals surface area (Å²) in [5.74, 6) is 0.544. The fraction of sp³-hybridized carbons (Fsp3) is 0.429. The Morgan fingerprint density at radius 1 is 1.37 bits per heavy atom. The summed E-state index contributed by atoms with van der Waals surface area (Å²) in [5.41, 5.74) is 1.83. The van der Waals surface area contributed by atoms with Gasteiger partial charge in [0, 0.05) is 32.3 Å². The first-order valence-electron chi connectivity index (χ1n) is 9.41. The first-order valence-corrected chi connectivity index (χ1v) is 9.41. The summed E-state index contributed by atoms with van der Waals surface area (Å²) in [7, 11) is 0. The Kier molecular flexibility index (Phi) is 6.76. The second kappa shape index (κ2) is 9.46. The molecule has 2 heterocycles. The molecule has 1 aromatic heterocycles. The molecule has 1 aromatic carbocycles. The maximum atomic E-state index is 13.2. The minimum absolute atomic E-state index is 0.0761. The van der Waals surface area contributed by atoms with Crippen LogP contribution in [-0.4, -0.2) is 41.5 Å². The summed E-state index contributed by atoms with van der Waals surface area (Å²) in [6, 6.07) is 10.6. The predicted octanol–water partition coefficient (Wildman–Crippen LogP) is 2.94. The quantitative estimate of drug-likeness (QED) is 0.775. The van der Waals surface area contributed by atoms with Gasteiger partial charge in [0.2, 0.25) is 5.91 Å². The van der Waals surface area contributed by atoms with Crippen LogP contribution < -0.4 is 10.1 Å². The van der Waals surface area contributed by atoms with Crippen molar-refractivity contribution < 1.29 is 13.9 Å². The van der Waals surface area contributed by atoms with Gasteiger partial charge in [-0.2, -0.15) is 0 Å². The standard InChI is InChI=1S/C21H26FN3O2/c1-16(26)24-14-19-13-20(7-9-23-19)27-21-8-11-25(15-21)10-3-5-17-4-2-6-18(22)12-17/h2,4,6-7,9,12-13,21H,3,5,8,10-11,14-15H2,1H3,(H,24,26). The number of nitrogens with zero attached hydrogens (tertiary/aromatic N) is 2. The highest BCUT2D eigenvalue weighted by Crippen LogP contribution is 2.19. The lowest BCUT2D eigenvalue weighted by Gasteiger charge is -2.17. The zero-order chi connectivity index (χ0) is 19.1. The van der Waals surface area contributed by atoms with Crippen molar-refractivity contribution in [2.24, 2.45) is 0 Å². The van der Waals surface area contributed by atoms with E-state index >= 15 is 0 Å². The second-order valence-corrected chi connectivity index (χ2v) is 6.96. The minimum atomic E-state index is -0.169. The Morgan fingerprint density at radius 3 is 3.07 bits per heavy atom. The normalized spacial score (nSPS) is 17.0. The molecular weight excluding hydrogens is 345 g/mol. The molecule has 0 bridgehead atoms. The molecule has 27 heavy (non-hydrogen) atoms. The maximum Gasteiger partial charge on any atom is 0.217 e. The van der Waals surface area contributed by atoms with Crippen molar-refractivity contribution in [3.63, 3.8) is 0 Å². The van der Waals surface area contributed by atoms with Crippen molar-refractivity contribution in [3.8, 4) is 5.75 Å². The molecule has 0 spiro atoms. The lowest BCUT2D eigenvalue weighted by molar-refractivity contribution is -0.119. The average Bonchev–Trinajstić information content (AvgIpc) is 3.08. The van der Waals surface area contributed by atoms with Gasteiger partial charge < -0.3 is 10.1 Å². The number of pyridine rings is 1. The Bertz CT molecular complexity index is 769. The van der Waals surface area contributed by atoms with E-state index in [1.807, 2.05) is 18.2 Å². The van der Waals surface area contributed by atoms with E-state index < -0.39 is 0 Å². The van der Waals surface area contributed by atoms with Crippen molar-refractivity contribution in [2.75, 3.05) is 19.6 Å². The van der Waals surface area contributed by atoms with Crippen molar-refractivity contribution in [1.29, 1.82) is 0 Å². The van der Waals surface area contributed by atoms with Gasteiger partial charge in [-0.1, -0.05) is 12.1 Å². The molecule has 1 fully saturated rings. The third-order valence-corrected chi connectivity index (χ3v) is 4.67. The van der Waals surface area contributed by atoms with Crippen LogP contribution in [0, 0.1) is 5.82 Å². The molecule has 0 radical (unpaired) electrons. The van der Waals surface area contributed by atoms with Crippen molar-refractivity contribution in [1.82, 2.24) is 15.2 Å². The number of rotatable bonds is 8. The van der Waals surface area contributed by atoms with Gasteiger partial charge in [0.05, 0.1) is 12.2 Å². The molecule has 6 heteroatoms. The monoisotopic (exact) mass is 371 g/mol. The Hall–Kier alpha value is -2.47. The van der Waals surface area contributed by atoms with Crippen LogP contribution in [-0.2, 0) is 17.8 Å². The number of hydrogen-bond donors (Lipinski definition) is 1. The van der Waals surface area contributed by atoms with Crippen LogP contribution in [0.1, 0.15) is 31.0 Å². The van der Waals surface area contributed by atoms with E-state index in [2.05, 4.69) is 15.2 Å². The van der Waals surface area contributed by atoms with E-state index in [1.165, 1.54) is 13.0 Å². The number of hydrogen-bond acceptors (Lipinski definition) is 4. The molecule has 0 saturated carbocycles. The number of benzene rings is 1. The number of nitrogens with one attached hydrogen (secondary N) is 1. The first kappa shape index (κ1) is 19.3. The molecular formula is C21H26FN3O2. The highest BCUT2D eigenvalue weighted by molar-refractivity contribution is 5.72. The van der Waals surface area contributed by atoms with E-state index in [-0.39, 0.29) is 17.8 Å². The second-order valence-electron chi connectivity index (χ2n) is 6.96. The SMILES string of the molecule is CC(=O)NCc1cc(OC2CCN(CCCc3cccc(F)c3)C2)ccn1. The number of likely N-dealkylation sites (tertiary alicyclic amines) is 1. The van der Waals surface area contributed by atoms with Crippen LogP contribution in [0.25, 0.3) is 0 Å². The molecule has 1 aliphatic rings. The van der Waals surface area contributed by atoms with Crippen LogP contribution in [0.5, 0.6) is 5.75 Å². The van der Waals surface area contributed by atoms with E-state index in [1.54, 1.807) is 18.3 Å².